The van der Waals surface area contributed by atoms with Crippen molar-refractivity contribution in [2.24, 2.45) is 5.92 Å². The van der Waals surface area contributed by atoms with Crippen LogP contribution in [0.5, 0.6) is 5.75 Å². The minimum Gasteiger partial charge on any atom is -0.496 e. The molecule has 49 heavy (non-hydrogen) atoms. The number of rotatable bonds is 6. The Hall–Kier alpha value is -3.37. The maximum absolute atomic E-state index is 14.7. The summed E-state index contributed by atoms with van der Waals surface area (Å²) < 4.78 is 37.7. The van der Waals surface area contributed by atoms with E-state index in [-0.39, 0.29) is 23.8 Å². The number of allylic oxidation sites excluding steroid dienone is 4. The Morgan fingerprint density at radius 3 is 2.45 bits per heavy atom. The van der Waals surface area contributed by atoms with Gasteiger partial charge in [0.2, 0.25) is 15.9 Å². The summed E-state index contributed by atoms with van der Waals surface area (Å²) in [6, 6.07) is 7.13. The van der Waals surface area contributed by atoms with E-state index >= 15 is 0 Å². The Labute approximate surface area is 289 Å². The van der Waals surface area contributed by atoms with Crippen molar-refractivity contribution in [2.45, 2.75) is 119 Å². The highest BCUT2D eigenvalue weighted by Crippen LogP contribution is 2.55. The van der Waals surface area contributed by atoms with Gasteiger partial charge in [0, 0.05) is 48.7 Å². The summed E-state index contributed by atoms with van der Waals surface area (Å²) in [5, 5.41) is 4.12. The van der Waals surface area contributed by atoms with Crippen molar-refractivity contribution in [3.05, 3.63) is 63.9 Å². The molecular formula is C39H48N4O5S. The summed E-state index contributed by atoms with van der Waals surface area (Å²) in [4.78, 5) is 30.8. The Kier molecular flexibility index (Phi) is 7.83. The number of nitrogens with zero attached hydrogens (tertiary/aromatic N) is 2. The van der Waals surface area contributed by atoms with Crippen LogP contribution in [0, 0.1) is 5.92 Å². The average molecular weight is 685 g/mol. The number of piperidine rings is 2. The van der Waals surface area contributed by atoms with Gasteiger partial charge in [0.1, 0.15) is 5.75 Å². The normalized spacial score (nSPS) is 28.6. The van der Waals surface area contributed by atoms with Crippen LogP contribution in [0.1, 0.15) is 107 Å². The fraction of sp³-hybridized carbons (Fsp3) is 0.590. The molecule has 1 aromatic carbocycles. The van der Waals surface area contributed by atoms with Crippen LogP contribution in [-0.4, -0.2) is 67.2 Å². The highest BCUT2D eigenvalue weighted by molar-refractivity contribution is 7.90. The van der Waals surface area contributed by atoms with Crippen LogP contribution < -0.4 is 14.8 Å². The number of fused-ring (bicyclic) bond motifs is 9. The molecule has 5 fully saturated rings. The van der Waals surface area contributed by atoms with Crippen molar-refractivity contribution in [1.82, 2.24) is 19.5 Å². The summed E-state index contributed by atoms with van der Waals surface area (Å²) in [5.41, 5.74) is 6.76. The van der Waals surface area contributed by atoms with E-state index in [1.165, 1.54) is 24.8 Å². The smallest absolute Gasteiger partial charge is 0.265 e. The van der Waals surface area contributed by atoms with Gasteiger partial charge < -0.3 is 19.5 Å². The van der Waals surface area contributed by atoms with Crippen molar-refractivity contribution in [3.8, 4) is 5.75 Å². The van der Waals surface area contributed by atoms with Crippen molar-refractivity contribution in [3.63, 3.8) is 0 Å². The molecule has 5 heterocycles. The number of nitrogens with one attached hydrogen (secondary N) is 2. The van der Waals surface area contributed by atoms with Crippen LogP contribution in [0.3, 0.4) is 0 Å². The molecule has 4 atom stereocenters. The maximum atomic E-state index is 14.7. The first-order chi connectivity index (χ1) is 23.8. The summed E-state index contributed by atoms with van der Waals surface area (Å²) in [5.74, 6) is 0.357. The predicted molar refractivity (Wildman–Crippen MR) is 189 cm³/mol. The number of carbonyl (C=O) groups is 2. The fourth-order valence-corrected chi connectivity index (χ4v) is 11.8. The van der Waals surface area contributed by atoms with Crippen LogP contribution in [0.2, 0.25) is 0 Å². The van der Waals surface area contributed by atoms with Gasteiger partial charge in [-0.25, -0.2) is 13.1 Å². The second-order valence-electron chi connectivity index (χ2n) is 15.6. The van der Waals surface area contributed by atoms with Crippen LogP contribution in [0.15, 0.2) is 52.6 Å². The molecule has 2 amide bonds. The van der Waals surface area contributed by atoms with Crippen LogP contribution >= 0.6 is 0 Å². The number of aromatic nitrogens is 1. The molecule has 2 N–H and O–H groups in total. The van der Waals surface area contributed by atoms with Gasteiger partial charge in [0.05, 0.1) is 29.4 Å². The highest BCUT2D eigenvalue weighted by Gasteiger charge is 2.49. The Morgan fingerprint density at radius 1 is 0.980 bits per heavy atom. The summed E-state index contributed by atoms with van der Waals surface area (Å²) in [7, 11) is -2.07. The Morgan fingerprint density at radius 2 is 1.76 bits per heavy atom. The number of carbonyl (C=O) groups excluding carboxylic acids is 2. The van der Waals surface area contributed by atoms with E-state index in [1.807, 2.05) is 0 Å². The SMILES string of the molecule is COc1ccc(C2CCCCC2)c2c1cc1n2CC2=C(C(=O)NS(=O)(=O)C3CCCCC3)C2=C2C=CC[C@@H](C(=O)N3CC4CCC3CN4)C21. The first kappa shape index (κ1) is 31.6. The highest BCUT2D eigenvalue weighted by atomic mass is 32.2. The zero-order valence-electron chi connectivity index (χ0n) is 28.5. The maximum Gasteiger partial charge on any atom is 0.265 e. The molecular weight excluding hydrogens is 637 g/mol. The van der Waals surface area contributed by atoms with Crippen LogP contribution in [0.4, 0.5) is 0 Å². The minimum atomic E-state index is -3.79. The van der Waals surface area contributed by atoms with Gasteiger partial charge in [-0.05, 0) is 85.3 Å². The number of methoxy groups -OCH3 is 1. The van der Waals surface area contributed by atoms with Crippen molar-refractivity contribution >= 4 is 32.7 Å². The van der Waals surface area contributed by atoms with Gasteiger partial charge in [-0.1, -0.05) is 56.7 Å². The molecule has 0 spiro atoms. The molecule has 260 valence electrons. The number of piperazine rings is 1. The van der Waals surface area contributed by atoms with E-state index in [2.05, 4.69) is 49.9 Å². The van der Waals surface area contributed by atoms with E-state index in [0.29, 0.717) is 43.3 Å². The zero-order chi connectivity index (χ0) is 33.4. The number of benzene rings is 1. The summed E-state index contributed by atoms with van der Waals surface area (Å²) >= 11 is 0. The lowest BCUT2D eigenvalue weighted by molar-refractivity contribution is -0.142. The van der Waals surface area contributed by atoms with Gasteiger partial charge in [-0.2, -0.15) is 0 Å². The second-order valence-corrected chi connectivity index (χ2v) is 17.5. The van der Waals surface area contributed by atoms with Gasteiger partial charge in [0.25, 0.3) is 5.91 Å². The first-order valence-electron chi connectivity index (χ1n) is 18.8. The molecule has 10 heteroatoms. The van der Waals surface area contributed by atoms with Crippen LogP contribution in [0.25, 0.3) is 10.9 Å². The van der Waals surface area contributed by atoms with Crippen molar-refractivity contribution in [1.29, 1.82) is 0 Å². The lowest BCUT2D eigenvalue weighted by Crippen LogP contribution is -2.63. The third-order valence-electron chi connectivity index (χ3n) is 12.9. The van der Waals surface area contributed by atoms with Gasteiger partial charge in [-0.3, -0.25) is 9.59 Å². The van der Waals surface area contributed by atoms with Crippen molar-refractivity contribution < 1.29 is 22.7 Å². The molecule has 8 aliphatic rings. The molecule has 2 saturated carbocycles. The molecule has 1 aromatic heterocycles. The van der Waals surface area contributed by atoms with E-state index in [1.54, 1.807) is 7.11 Å². The lowest BCUT2D eigenvalue weighted by atomic mass is 9.75. The topological polar surface area (TPSA) is 110 Å². The van der Waals surface area contributed by atoms with Crippen molar-refractivity contribution in [2.75, 3.05) is 20.2 Å². The monoisotopic (exact) mass is 684 g/mol. The van der Waals surface area contributed by atoms with E-state index < -0.39 is 21.2 Å². The standard InChI is InChI=1S/C39H48N4O5S/c1-48-33-18-17-27(23-9-4-2-5-10-23)37-30(33)19-32-34-28(13-8-14-29(34)39(45)42-21-24-15-16-25(42)20-40-24)35-31(22-43(32)37)36(35)38(44)41-49(46,47)26-11-6-3-7-12-26/h8,13,17-19,23-26,29,34,40H,2-7,9-12,14-16,20-22H2,1H3,(H,41,44)/t24?,25?,29-,34?/m1/s1. The molecule has 4 aliphatic heterocycles. The second kappa shape index (κ2) is 12.1. The largest absolute Gasteiger partial charge is 0.496 e. The molecule has 0 radical (unpaired) electrons. The summed E-state index contributed by atoms with van der Waals surface area (Å²) in [6.07, 6.45) is 16.9. The molecule has 3 saturated heterocycles. The molecule has 10 rings (SSSR count). The first-order valence-corrected chi connectivity index (χ1v) is 20.3. The van der Waals surface area contributed by atoms with Gasteiger partial charge in [-0.15, -0.1) is 0 Å². The fourth-order valence-electron chi connectivity index (χ4n) is 10.3. The van der Waals surface area contributed by atoms with E-state index in [4.69, 9.17) is 4.74 Å². The van der Waals surface area contributed by atoms with E-state index in [9.17, 15) is 18.0 Å². The number of ether oxygens (including phenoxy) is 1. The third kappa shape index (κ3) is 5.22. The van der Waals surface area contributed by atoms with E-state index in [0.717, 1.165) is 97.1 Å². The molecule has 3 unspecified atom stereocenters. The quantitative estimate of drug-likeness (QED) is 0.403. The third-order valence-corrected chi connectivity index (χ3v) is 14.7. The zero-order valence-corrected chi connectivity index (χ0v) is 29.3. The minimum absolute atomic E-state index is 0.190. The Bertz CT molecular complexity index is 1920. The lowest BCUT2D eigenvalue weighted by Gasteiger charge is -2.48. The number of hydrogen-bond acceptors (Lipinski definition) is 6. The average Bonchev–Trinajstić information content (AvgIpc) is 3.78. The Balaban J connectivity index is 1.18. The van der Waals surface area contributed by atoms with Gasteiger partial charge in [0.15, 0.2) is 0 Å². The predicted octanol–water partition coefficient (Wildman–Crippen LogP) is 5.72. The number of amides is 2. The molecule has 4 aliphatic carbocycles. The van der Waals surface area contributed by atoms with Gasteiger partial charge >= 0.3 is 0 Å². The molecule has 2 aromatic rings. The number of hydrogen-bond donors (Lipinski definition) is 2. The molecule has 9 nitrogen and oxygen atoms in total. The van der Waals surface area contributed by atoms with Crippen LogP contribution in [-0.2, 0) is 26.2 Å². The molecule has 2 bridgehead atoms. The number of sulfonamides is 1. The summed E-state index contributed by atoms with van der Waals surface area (Å²) in [6.45, 7) is 2.05.